The van der Waals surface area contributed by atoms with Crippen LogP contribution >= 0.6 is 0 Å². The van der Waals surface area contributed by atoms with Gasteiger partial charge in [-0.05, 0) is 45.4 Å². The first-order chi connectivity index (χ1) is 8.29. The zero-order valence-corrected chi connectivity index (χ0v) is 11.4. The lowest BCUT2D eigenvalue weighted by Crippen LogP contribution is -2.21. The summed E-state index contributed by atoms with van der Waals surface area (Å²) in [4.78, 5) is 0. The molecular formula is C15H20FNO. The van der Waals surface area contributed by atoms with Crippen LogP contribution in [0.5, 0.6) is 0 Å². The number of hydrogen-bond acceptors (Lipinski definition) is 1. The number of fused-ring (bicyclic) bond motifs is 1. The fraction of sp³-hybridized carbons (Fsp3) is 0.467. The molecule has 0 saturated heterocycles. The van der Waals surface area contributed by atoms with Gasteiger partial charge in [-0.2, -0.15) is 0 Å². The Hall–Kier alpha value is -1.35. The molecule has 0 aliphatic heterocycles. The average Bonchev–Trinajstić information content (AvgIpc) is 2.56. The van der Waals surface area contributed by atoms with Gasteiger partial charge in [-0.1, -0.05) is 6.07 Å². The normalized spacial score (nSPS) is 12.6. The van der Waals surface area contributed by atoms with Crippen LogP contribution in [0.2, 0.25) is 0 Å². The van der Waals surface area contributed by atoms with E-state index in [1.54, 1.807) is 19.9 Å². The maximum Gasteiger partial charge on any atom is 0.132 e. The standard InChI is InChI=1S/C15H20FNO/c1-10(2)17-9-11(8-15(3,4)18)14-12(16)6-5-7-13(14)17/h5-7,9-10,18H,8H2,1-4H3. The van der Waals surface area contributed by atoms with Gasteiger partial charge in [0.25, 0.3) is 0 Å². The summed E-state index contributed by atoms with van der Waals surface area (Å²) in [6.07, 6.45) is 2.40. The second-order valence-corrected chi connectivity index (χ2v) is 5.78. The van der Waals surface area contributed by atoms with Crippen molar-refractivity contribution in [2.24, 2.45) is 0 Å². The third-order valence-electron chi connectivity index (χ3n) is 3.07. The molecule has 98 valence electrons. The average molecular weight is 249 g/mol. The Morgan fingerprint density at radius 3 is 2.56 bits per heavy atom. The van der Waals surface area contributed by atoms with Crippen molar-refractivity contribution in [3.8, 4) is 0 Å². The molecule has 0 aliphatic rings. The first kappa shape index (κ1) is 13.1. The Morgan fingerprint density at radius 2 is 2.00 bits per heavy atom. The van der Waals surface area contributed by atoms with Gasteiger partial charge < -0.3 is 9.67 Å². The molecule has 2 aromatic rings. The van der Waals surface area contributed by atoms with Gasteiger partial charge in [0.15, 0.2) is 0 Å². The molecule has 18 heavy (non-hydrogen) atoms. The molecule has 3 heteroatoms. The molecule has 0 unspecified atom stereocenters. The van der Waals surface area contributed by atoms with E-state index in [9.17, 15) is 9.50 Å². The third kappa shape index (κ3) is 2.41. The maximum absolute atomic E-state index is 14.0. The summed E-state index contributed by atoms with van der Waals surface area (Å²) in [5.41, 5.74) is 0.923. The second-order valence-electron chi connectivity index (χ2n) is 5.78. The lowest BCUT2D eigenvalue weighted by molar-refractivity contribution is 0.0812. The first-order valence-electron chi connectivity index (χ1n) is 6.30. The Balaban J connectivity index is 2.66. The number of benzene rings is 1. The van der Waals surface area contributed by atoms with Crippen molar-refractivity contribution in [1.29, 1.82) is 0 Å². The van der Waals surface area contributed by atoms with Gasteiger partial charge in [0.05, 0.1) is 11.1 Å². The minimum absolute atomic E-state index is 0.217. The molecule has 0 bridgehead atoms. The highest BCUT2D eigenvalue weighted by molar-refractivity contribution is 5.85. The van der Waals surface area contributed by atoms with Crippen molar-refractivity contribution in [3.05, 3.63) is 35.8 Å². The molecule has 0 atom stereocenters. The van der Waals surface area contributed by atoms with E-state index in [0.29, 0.717) is 11.8 Å². The fourth-order valence-corrected chi connectivity index (χ4v) is 2.38. The molecule has 2 rings (SSSR count). The van der Waals surface area contributed by atoms with Crippen molar-refractivity contribution in [2.75, 3.05) is 0 Å². The van der Waals surface area contributed by atoms with Crippen LogP contribution in [0.3, 0.4) is 0 Å². The van der Waals surface area contributed by atoms with E-state index in [2.05, 4.69) is 18.4 Å². The summed E-state index contributed by atoms with van der Waals surface area (Å²) >= 11 is 0. The van der Waals surface area contributed by atoms with E-state index in [-0.39, 0.29) is 11.9 Å². The number of nitrogens with zero attached hydrogens (tertiary/aromatic N) is 1. The van der Waals surface area contributed by atoms with Crippen LogP contribution in [0.4, 0.5) is 4.39 Å². The van der Waals surface area contributed by atoms with E-state index in [4.69, 9.17) is 0 Å². The van der Waals surface area contributed by atoms with Gasteiger partial charge >= 0.3 is 0 Å². The molecule has 0 spiro atoms. The lowest BCUT2D eigenvalue weighted by Gasteiger charge is -2.16. The van der Waals surface area contributed by atoms with Crippen molar-refractivity contribution < 1.29 is 9.50 Å². The van der Waals surface area contributed by atoms with Gasteiger partial charge in [-0.25, -0.2) is 4.39 Å². The van der Waals surface area contributed by atoms with Crippen LogP contribution in [0, 0.1) is 5.82 Å². The number of halogens is 1. The van der Waals surface area contributed by atoms with E-state index in [1.807, 2.05) is 12.3 Å². The van der Waals surface area contributed by atoms with E-state index >= 15 is 0 Å². The smallest absolute Gasteiger partial charge is 0.132 e. The fourth-order valence-electron chi connectivity index (χ4n) is 2.38. The predicted octanol–water partition coefficient (Wildman–Crippen LogP) is 3.67. The Morgan fingerprint density at radius 1 is 1.33 bits per heavy atom. The van der Waals surface area contributed by atoms with Crippen LogP contribution < -0.4 is 0 Å². The van der Waals surface area contributed by atoms with Crippen molar-refractivity contribution >= 4 is 10.9 Å². The van der Waals surface area contributed by atoms with Gasteiger partial charge in [-0.3, -0.25) is 0 Å². The number of aromatic nitrogens is 1. The first-order valence-corrected chi connectivity index (χ1v) is 6.30. The number of rotatable bonds is 3. The molecule has 0 saturated carbocycles. The second kappa shape index (κ2) is 4.39. The van der Waals surface area contributed by atoms with Crippen LogP contribution in [0.25, 0.3) is 10.9 Å². The van der Waals surface area contributed by atoms with Crippen LogP contribution in [0.15, 0.2) is 24.4 Å². The van der Waals surface area contributed by atoms with E-state index in [1.165, 1.54) is 6.07 Å². The Bertz CT molecular complexity index is 564. The molecule has 0 amide bonds. The number of hydrogen-bond donors (Lipinski definition) is 1. The van der Waals surface area contributed by atoms with Crippen LogP contribution in [-0.2, 0) is 6.42 Å². The topological polar surface area (TPSA) is 25.2 Å². The van der Waals surface area contributed by atoms with Crippen molar-refractivity contribution in [1.82, 2.24) is 4.57 Å². The molecule has 0 aliphatic carbocycles. The summed E-state index contributed by atoms with van der Waals surface area (Å²) < 4.78 is 16.1. The monoisotopic (exact) mass is 249 g/mol. The highest BCUT2D eigenvalue weighted by Crippen LogP contribution is 2.29. The SMILES string of the molecule is CC(C)n1cc(CC(C)(C)O)c2c(F)cccc21. The van der Waals surface area contributed by atoms with Crippen LogP contribution in [0.1, 0.15) is 39.3 Å². The maximum atomic E-state index is 14.0. The summed E-state index contributed by atoms with van der Waals surface area (Å²) in [5, 5.41) is 10.6. The highest BCUT2D eigenvalue weighted by atomic mass is 19.1. The third-order valence-corrected chi connectivity index (χ3v) is 3.07. The summed E-state index contributed by atoms with van der Waals surface area (Å²) in [7, 11) is 0. The largest absolute Gasteiger partial charge is 0.390 e. The molecule has 1 aromatic heterocycles. The zero-order valence-electron chi connectivity index (χ0n) is 11.4. The zero-order chi connectivity index (χ0) is 13.5. The van der Waals surface area contributed by atoms with Gasteiger partial charge in [0, 0.05) is 24.0 Å². The molecule has 1 N–H and O–H groups in total. The minimum atomic E-state index is -0.835. The summed E-state index contributed by atoms with van der Waals surface area (Å²) in [6, 6.07) is 5.39. The molecule has 0 radical (unpaired) electrons. The molecular weight excluding hydrogens is 229 g/mol. The Labute approximate surface area is 107 Å². The summed E-state index contributed by atoms with van der Waals surface area (Å²) in [6.45, 7) is 7.62. The van der Waals surface area contributed by atoms with Gasteiger partial charge in [0.1, 0.15) is 5.82 Å². The van der Waals surface area contributed by atoms with E-state index < -0.39 is 5.60 Å². The van der Waals surface area contributed by atoms with E-state index in [0.717, 1.165) is 11.1 Å². The lowest BCUT2D eigenvalue weighted by atomic mass is 9.98. The predicted molar refractivity (Wildman–Crippen MR) is 72.3 cm³/mol. The Kier molecular flexibility index (Phi) is 3.20. The van der Waals surface area contributed by atoms with Gasteiger partial charge in [0.2, 0.25) is 0 Å². The quantitative estimate of drug-likeness (QED) is 0.882. The molecule has 1 heterocycles. The molecule has 1 aromatic carbocycles. The minimum Gasteiger partial charge on any atom is -0.390 e. The van der Waals surface area contributed by atoms with Gasteiger partial charge in [-0.15, -0.1) is 0 Å². The van der Waals surface area contributed by atoms with Crippen LogP contribution in [-0.4, -0.2) is 15.3 Å². The number of aliphatic hydroxyl groups is 1. The van der Waals surface area contributed by atoms with Crippen molar-refractivity contribution in [2.45, 2.75) is 45.8 Å². The molecule has 2 nitrogen and oxygen atoms in total. The highest BCUT2D eigenvalue weighted by Gasteiger charge is 2.20. The summed E-state index contributed by atoms with van der Waals surface area (Å²) in [5.74, 6) is -0.217. The van der Waals surface area contributed by atoms with Crippen molar-refractivity contribution in [3.63, 3.8) is 0 Å². The molecule has 0 fully saturated rings.